The molecule has 4 aliphatic rings. The number of benzene rings is 1. The normalized spacial score (nSPS) is 33.1. The lowest BCUT2D eigenvalue weighted by molar-refractivity contribution is -0.384. The van der Waals surface area contributed by atoms with E-state index >= 15 is 0 Å². The molecule has 152 valence electrons. The van der Waals surface area contributed by atoms with E-state index in [4.69, 9.17) is 4.74 Å². The van der Waals surface area contributed by atoms with Crippen LogP contribution in [0.3, 0.4) is 0 Å². The van der Waals surface area contributed by atoms with Crippen LogP contribution in [-0.4, -0.2) is 48.7 Å². The van der Waals surface area contributed by atoms with Gasteiger partial charge in [0.25, 0.3) is 5.69 Å². The third-order valence-corrected chi connectivity index (χ3v) is 6.89. The maximum atomic E-state index is 12.4. The Bertz CT molecular complexity index is 747. The lowest BCUT2D eigenvalue weighted by Crippen LogP contribution is -2.64. The topological polar surface area (TPSA) is 84.7 Å². The zero-order chi connectivity index (χ0) is 19.9. The van der Waals surface area contributed by atoms with Crippen molar-refractivity contribution in [2.75, 3.05) is 27.2 Å². The standard InChI is InChI=1S/C21H29N3O4/c1-23(2)7-8-28-19(25)22-21-12-15-9-16(13-21)11-20(10-15,14-21)17-3-5-18(6-4-17)24(26)27/h3-6,15-16H,7-14H2,1-2H3,(H,22,25)/t15-,16+,20?,21?. The van der Waals surface area contributed by atoms with Crippen LogP contribution in [-0.2, 0) is 10.2 Å². The van der Waals surface area contributed by atoms with Gasteiger partial charge in [-0.05, 0) is 75.4 Å². The lowest BCUT2D eigenvalue weighted by Gasteiger charge is -2.62. The van der Waals surface area contributed by atoms with E-state index in [-0.39, 0.29) is 27.7 Å². The molecule has 4 saturated carbocycles. The molecule has 1 aromatic rings. The van der Waals surface area contributed by atoms with E-state index in [1.54, 1.807) is 12.1 Å². The van der Waals surface area contributed by atoms with Crippen LogP contribution in [0.4, 0.5) is 10.5 Å². The van der Waals surface area contributed by atoms with E-state index in [9.17, 15) is 14.9 Å². The summed E-state index contributed by atoms with van der Waals surface area (Å²) in [6.45, 7) is 1.09. The Morgan fingerprint density at radius 2 is 1.86 bits per heavy atom. The molecule has 2 unspecified atom stereocenters. The third kappa shape index (κ3) is 3.60. The average molecular weight is 387 g/mol. The zero-order valence-electron chi connectivity index (χ0n) is 16.6. The predicted octanol–water partition coefficient (Wildman–Crippen LogP) is 3.47. The van der Waals surface area contributed by atoms with Crippen molar-refractivity contribution in [1.29, 1.82) is 0 Å². The number of carbonyl (C=O) groups is 1. The van der Waals surface area contributed by atoms with Crippen LogP contribution in [0.1, 0.15) is 44.1 Å². The van der Waals surface area contributed by atoms with Gasteiger partial charge in [0, 0.05) is 24.2 Å². The lowest BCUT2D eigenvalue weighted by atomic mass is 9.45. The molecule has 7 heteroatoms. The van der Waals surface area contributed by atoms with Crippen LogP contribution in [0.15, 0.2) is 24.3 Å². The van der Waals surface area contributed by atoms with Gasteiger partial charge in [-0.1, -0.05) is 12.1 Å². The number of rotatable bonds is 6. The Morgan fingerprint density at radius 1 is 1.21 bits per heavy atom. The highest BCUT2D eigenvalue weighted by Crippen LogP contribution is 2.62. The zero-order valence-corrected chi connectivity index (χ0v) is 16.6. The molecule has 0 aromatic heterocycles. The molecule has 7 nitrogen and oxygen atoms in total. The molecule has 1 N–H and O–H groups in total. The van der Waals surface area contributed by atoms with Gasteiger partial charge in [-0.15, -0.1) is 0 Å². The largest absolute Gasteiger partial charge is 0.448 e. The highest BCUT2D eigenvalue weighted by Gasteiger charge is 2.58. The van der Waals surface area contributed by atoms with E-state index in [0.717, 1.165) is 32.1 Å². The highest BCUT2D eigenvalue weighted by atomic mass is 16.6. The third-order valence-electron chi connectivity index (χ3n) is 6.89. The van der Waals surface area contributed by atoms with Gasteiger partial charge in [0.2, 0.25) is 0 Å². The van der Waals surface area contributed by atoms with Gasteiger partial charge in [-0.2, -0.15) is 0 Å². The minimum atomic E-state index is -0.351. The molecule has 0 spiro atoms. The fourth-order valence-electron chi connectivity index (χ4n) is 6.26. The molecule has 4 atom stereocenters. The van der Waals surface area contributed by atoms with Gasteiger partial charge in [0.15, 0.2) is 0 Å². The summed E-state index contributed by atoms with van der Waals surface area (Å²) < 4.78 is 5.41. The fraction of sp³-hybridized carbons (Fsp3) is 0.667. The van der Waals surface area contributed by atoms with Crippen LogP contribution < -0.4 is 5.32 Å². The summed E-state index contributed by atoms with van der Waals surface area (Å²) in [4.78, 5) is 25.1. The highest BCUT2D eigenvalue weighted by molar-refractivity contribution is 5.68. The van der Waals surface area contributed by atoms with E-state index < -0.39 is 0 Å². The summed E-state index contributed by atoms with van der Waals surface area (Å²) in [6, 6.07) is 7.08. The first kappa shape index (κ1) is 19.2. The number of hydrogen-bond donors (Lipinski definition) is 1. The summed E-state index contributed by atoms with van der Waals surface area (Å²) in [5, 5.41) is 14.2. The molecule has 0 radical (unpaired) electrons. The molecule has 4 aliphatic carbocycles. The minimum absolute atomic E-state index is 0.0100. The first-order chi connectivity index (χ1) is 13.3. The Labute approximate surface area is 165 Å². The van der Waals surface area contributed by atoms with Crippen molar-refractivity contribution in [2.24, 2.45) is 11.8 Å². The van der Waals surface area contributed by atoms with E-state index in [0.29, 0.717) is 25.0 Å². The number of carbonyl (C=O) groups excluding carboxylic acids is 1. The number of amides is 1. The minimum Gasteiger partial charge on any atom is -0.448 e. The average Bonchev–Trinajstić information content (AvgIpc) is 2.59. The summed E-state index contributed by atoms with van der Waals surface area (Å²) in [7, 11) is 3.91. The predicted molar refractivity (Wildman–Crippen MR) is 105 cm³/mol. The maximum Gasteiger partial charge on any atom is 0.407 e. The Morgan fingerprint density at radius 3 is 2.43 bits per heavy atom. The fourth-order valence-corrected chi connectivity index (χ4v) is 6.26. The van der Waals surface area contributed by atoms with Crippen molar-refractivity contribution < 1.29 is 14.5 Å². The van der Waals surface area contributed by atoms with Gasteiger partial charge in [0.1, 0.15) is 6.61 Å². The van der Waals surface area contributed by atoms with Crippen LogP contribution in [0.5, 0.6) is 0 Å². The number of alkyl carbamates (subject to hydrolysis) is 1. The van der Waals surface area contributed by atoms with Crippen LogP contribution in [0.25, 0.3) is 0 Å². The smallest absolute Gasteiger partial charge is 0.407 e. The monoisotopic (exact) mass is 387 g/mol. The SMILES string of the molecule is CN(C)CCOC(=O)NC12C[C@H]3C[C@@H](C1)CC(c1ccc([N+](=O)[O-])cc1)(C3)C2. The molecule has 1 amide bonds. The van der Waals surface area contributed by atoms with Crippen molar-refractivity contribution in [2.45, 2.75) is 49.5 Å². The molecular formula is C21H29N3O4. The number of hydrogen-bond acceptors (Lipinski definition) is 5. The summed E-state index contributed by atoms with van der Waals surface area (Å²) in [5.74, 6) is 1.19. The second-order valence-corrected chi connectivity index (χ2v) is 9.39. The van der Waals surface area contributed by atoms with E-state index in [1.807, 2.05) is 31.1 Å². The van der Waals surface area contributed by atoms with Crippen molar-refractivity contribution in [3.8, 4) is 0 Å². The first-order valence-electron chi connectivity index (χ1n) is 10.1. The second-order valence-electron chi connectivity index (χ2n) is 9.39. The van der Waals surface area contributed by atoms with Gasteiger partial charge < -0.3 is 15.0 Å². The maximum absolute atomic E-state index is 12.4. The van der Waals surface area contributed by atoms with Gasteiger partial charge in [0.05, 0.1) is 4.92 Å². The quantitative estimate of drug-likeness (QED) is 0.597. The molecule has 0 aliphatic heterocycles. The molecule has 28 heavy (non-hydrogen) atoms. The van der Waals surface area contributed by atoms with Crippen LogP contribution in [0, 0.1) is 22.0 Å². The van der Waals surface area contributed by atoms with Gasteiger partial charge in [-0.25, -0.2) is 4.79 Å². The number of ether oxygens (including phenoxy) is 1. The molecule has 4 bridgehead atoms. The summed E-state index contributed by atoms with van der Waals surface area (Å²) >= 11 is 0. The number of nitrogens with one attached hydrogen (secondary N) is 1. The van der Waals surface area contributed by atoms with Crippen molar-refractivity contribution in [3.05, 3.63) is 39.9 Å². The van der Waals surface area contributed by atoms with Crippen molar-refractivity contribution in [3.63, 3.8) is 0 Å². The molecule has 1 aromatic carbocycles. The van der Waals surface area contributed by atoms with E-state index in [1.165, 1.54) is 12.0 Å². The van der Waals surface area contributed by atoms with Crippen molar-refractivity contribution >= 4 is 11.8 Å². The molecule has 5 rings (SSSR count). The van der Waals surface area contributed by atoms with Crippen LogP contribution >= 0.6 is 0 Å². The van der Waals surface area contributed by atoms with Gasteiger partial charge in [-0.3, -0.25) is 10.1 Å². The Hall–Kier alpha value is -2.15. The second kappa shape index (κ2) is 7.03. The van der Waals surface area contributed by atoms with Gasteiger partial charge >= 0.3 is 6.09 Å². The summed E-state index contributed by atoms with van der Waals surface area (Å²) in [6.07, 6.45) is 6.06. The molecule has 0 heterocycles. The van der Waals surface area contributed by atoms with Crippen molar-refractivity contribution in [1.82, 2.24) is 10.2 Å². The number of non-ortho nitro benzene ring substituents is 1. The molecule has 4 fully saturated rings. The number of likely N-dealkylation sites (N-methyl/N-ethyl adjacent to an activating group) is 1. The Balaban J connectivity index is 1.52. The number of nitrogens with zero attached hydrogens (tertiary/aromatic N) is 2. The molecule has 0 saturated heterocycles. The summed E-state index contributed by atoms with van der Waals surface area (Å²) in [5.41, 5.74) is 1.11. The van der Waals surface area contributed by atoms with E-state index in [2.05, 4.69) is 5.32 Å². The van der Waals surface area contributed by atoms with Crippen LogP contribution in [0.2, 0.25) is 0 Å². The number of nitro groups is 1. The molecular weight excluding hydrogens is 358 g/mol. The Kier molecular flexibility index (Phi) is 4.81. The number of nitro benzene ring substituents is 1. The first-order valence-corrected chi connectivity index (χ1v) is 10.1.